The highest BCUT2D eigenvalue weighted by atomic mass is 16.5. The van der Waals surface area contributed by atoms with Crippen molar-refractivity contribution < 1.29 is 4.74 Å². The number of imidazole rings is 1. The van der Waals surface area contributed by atoms with Crippen molar-refractivity contribution in [3.8, 4) is 11.4 Å². The molecule has 3 aromatic heterocycles. The molecule has 0 amide bonds. The minimum atomic E-state index is 0.230. The fourth-order valence-electron chi connectivity index (χ4n) is 3.03. The minimum absolute atomic E-state index is 0.230. The van der Waals surface area contributed by atoms with Crippen molar-refractivity contribution in [2.45, 2.75) is 20.4 Å². The summed E-state index contributed by atoms with van der Waals surface area (Å²) in [4.78, 5) is 24.5. The Labute approximate surface area is 151 Å². The summed E-state index contributed by atoms with van der Waals surface area (Å²) in [5.74, 6) is 2.11. The Kier molecular flexibility index (Phi) is 4.37. The molecule has 0 spiro atoms. The molecule has 0 bridgehead atoms. The van der Waals surface area contributed by atoms with Gasteiger partial charge in [-0.3, -0.25) is 0 Å². The van der Waals surface area contributed by atoms with Gasteiger partial charge in [0.1, 0.15) is 0 Å². The third-order valence-electron chi connectivity index (χ3n) is 4.25. The van der Waals surface area contributed by atoms with E-state index in [1.165, 1.54) is 0 Å². The molecule has 2 N–H and O–H groups in total. The Morgan fingerprint density at radius 1 is 1.12 bits per heavy atom. The van der Waals surface area contributed by atoms with Crippen LogP contribution >= 0.6 is 0 Å². The van der Waals surface area contributed by atoms with Crippen LogP contribution in [0.4, 0.5) is 11.8 Å². The first-order valence-electron chi connectivity index (χ1n) is 8.75. The lowest BCUT2D eigenvalue weighted by atomic mass is 10.2. The second-order valence-corrected chi connectivity index (χ2v) is 6.76. The molecule has 4 rings (SSSR count). The largest absolute Gasteiger partial charge is 0.378 e. The molecule has 26 heavy (non-hydrogen) atoms. The van der Waals surface area contributed by atoms with Crippen LogP contribution in [-0.4, -0.2) is 55.8 Å². The van der Waals surface area contributed by atoms with Crippen molar-refractivity contribution in [1.82, 2.24) is 29.5 Å². The van der Waals surface area contributed by atoms with Crippen LogP contribution in [-0.2, 0) is 11.3 Å². The van der Waals surface area contributed by atoms with Gasteiger partial charge in [0.15, 0.2) is 22.8 Å². The number of nitrogens with zero attached hydrogens (tertiary/aromatic N) is 7. The van der Waals surface area contributed by atoms with Crippen molar-refractivity contribution in [3.63, 3.8) is 0 Å². The molecule has 1 aliphatic heterocycles. The van der Waals surface area contributed by atoms with Gasteiger partial charge in [0.25, 0.3) is 0 Å². The smallest absolute Gasteiger partial charge is 0.219 e. The van der Waals surface area contributed by atoms with Crippen molar-refractivity contribution in [1.29, 1.82) is 0 Å². The first kappa shape index (κ1) is 16.6. The van der Waals surface area contributed by atoms with Crippen molar-refractivity contribution in [2.75, 3.05) is 36.9 Å². The zero-order valence-corrected chi connectivity index (χ0v) is 15.0. The highest BCUT2D eigenvalue weighted by Gasteiger charge is 2.21. The Morgan fingerprint density at radius 2 is 1.85 bits per heavy atom. The summed E-state index contributed by atoms with van der Waals surface area (Å²) >= 11 is 0. The zero-order valence-electron chi connectivity index (χ0n) is 15.0. The summed E-state index contributed by atoms with van der Waals surface area (Å²) in [7, 11) is 0. The number of nitrogen functional groups attached to an aromatic ring is 1. The van der Waals surface area contributed by atoms with E-state index in [1.54, 1.807) is 12.4 Å². The summed E-state index contributed by atoms with van der Waals surface area (Å²) in [5.41, 5.74) is 7.97. The molecule has 0 aromatic carbocycles. The Bertz CT molecular complexity index is 899. The van der Waals surface area contributed by atoms with Gasteiger partial charge in [-0.1, -0.05) is 13.8 Å². The molecule has 0 saturated carbocycles. The lowest BCUT2D eigenvalue weighted by Crippen LogP contribution is -2.37. The molecule has 0 unspecified atom stereocenters. The standard InChI is InChI=1S/C17H22N8O/c1-11(2)9-25-10-21-13-15(24-3-5-26-6-4-24)22-14(23-16(13)25)12-7-19-17(18)20-8-12/h7-8,10-11H,3-6,9H2,1-2H3,(H2,18,19,20). The van der Waals surface area contributed by atoms with Crippen molar-refractivity contribution >= 4 is 22.9 Å². The zero-order chi connectivity index (χ0) is 18.1. The van der Waals surface area contributed by atoms with Gasteiger partial charge < -0.3 is 19.9 Å². The SMILES string of the molecule is CC(C)Cn1cnc2c(N3CCOCC3)nc(-c3cnc(N)nc3)nc21. The van der Waals surface area contributed by atoms with E-state index in [2.05, 4.69) is 38.3 Å². The second-order valence-electron chi connectivity index (χ2n) is 6.76. The monoisotopic (exact) mass is 354 g/mol. The molecule has 1 aliphatic rings. The predicted octanol–water partition coefficient (Wildman–Crippen LogP) is 1.36. The molecule has 3 aromatic rings. The Morgan fingerprint density at radius 3 is 2.54 bits per heavy atom. The number of hydrogen-bond acceptors (Lipinski definition) is 8. The van der Waals surface area contributed by atoms with Gasteiger partial charge >= 0.3 is 0 Å². The lowest BCUT2D eigenvalue weighted by Gasteiger charge is -2.28. The third-order valence-corrected chi connectivity index (χ3v) is 4.25. The first-order valence-corrected chi connectivity index (χ1v) is 8.75. The molecule has 136 valence electrons. The van der Waals surface area contributed by atoms with Crippen LogP contribution < -0.4 is 10.6 Å². The van der Waals surface area contributed by atoms with Crippen LogP contribution in [0, 0.1) is 5.92 Å². The number of aromatic nitrogens is 6. The van der Waals surface area contributed by atoms with Gasteiger partial charge in [0.2, 0.25) is 5.95 Å². The van der Waals surface area contributed by atoms with E-state index >= 15 is 0 Å². The number of rotatable bonds is 4. The van der Waals surface area contributed by atoms with Gasteiger partial charge in [-0.2, -0.15) is 0 Å². The topological polar surface area (TPSA) is 108 Å². The highest BCUT2D eigenvalue weighted by molar-refractivity contribution is 5.85. The van der Waals surface area contributed by atoms with Crippen molar-refractivity contribution in [3.05, 3.63) is 18.7 Å². The van der Waals surface area contributed by atoms with Crippen LogP contribution in [0.5, 0.6) is 0 Å². The molecular weight excluding hydrogens is 332 g/mol. The van der Waals surface area contributed by atoms with Crippen LogP contribution in [0.1, 0.15) is 13.8 Å². The number of hydrogen-bond donors (Lipinski definition) is 1. The number of fused-ring (bicyclic) bond motifs is 1. The lowest BCUT2D eigenvalue weighted by molar-refractivity contribution is 0.122. The number of nitrogens with two attached hydrogens (primary N) is 1. The fraction of sp³-hybridized carbons (Fsp3) is 0.471. The molecule has 1 saturated heterocycles. The Hall–Kier alpha value is -2.81. The quantitative estimate of drug-likeness (QED) is 0.748. The van der Waals surface area contributed by atoms with Gasteiger partial charge in [-0.05, 0) is 5.92 Å². The average Bonchev–Trinajstić information content (AvgIpc) is 3.04. The molecule has 1 fully saturated rings. The normalized spacial score (nSPS) is 15.1. The summed E-state index contributed by atoms with van der Waals surface area (Å²) in [5, 5.41) is 0. The maximum absolute atomic E-state index is 5.61. The van der Waals surface area contributed by atoms with Crippen LogP contribution in [0.3, 0.4) is 0 Å². The van der Waals surface area contributed by atoms with E-state index in [0.717, 1.165) is 42.2 Å². The van der Waals surface area contributed by atoms with Gasteiger partial charge in [-0.25, -0.2) is 24.9 Å². The van der Waals surface area contributed by atoms with Crippen molar-refractivity contribution in [2.24, 2.45) is 5.92 Å². The van der Waals surface area contributed by atoms with Crippen LogP contribution in [0.15, 0.2) is 18.7 Å². The number of morpholine rings is 1. The maximum Gasteiger partial charge on any atom is 0.219 e. The number of anilines is 2. The first-order chi connectivity index (χ1) is 12.6. The Balaban J connectivity index is 1.87. The van der Waals surface area contributed by atoms with E-state index < -0.39 is 0 Å². The molecule has 4 heterocycles. The van der Waals surface area contributed by atoms with E-state index in [0.29, 0.717) is 25.0 Å². The van der Waals surface area contributed by atoms with Crippen LogP contribution in [0.25, 0.3) is 22.6 Å². The summed E-state index contributed by atoms with van der Waals surface area (Å²) in [6.45, 7) is 8.10. The minimum Gasteiger partial charge on any atom is -0.378 e. The van der Waals surface area contributed by atoms with Gasteiger partial charge in [0, 0.05) is 32.0 Å². The van der Waals surface area contributed by atoms with E-state index in [1.807, 2.05) is 6.33 Å². The molecule has 0 radical (unpaired) electrons. The molecule has 0 aliphatic carbocycles. The van der Waals surface area contributed by atoms with Gasteiger partial charge in [0.05, 0.1) is 25.1 Å². The van der Waals surface area contributed by atoms with Gasteiger partial charge in [-0.15, -0.1) is 0 Å². The molecular formula is C17H22N8O. The third kappa shape index (κ3) is 3.17. The van der Waals surface area contributed by atoms with E-state index in [-0.39, 0.29) is 5.95 Å². The van der Waals surface area contributed by atoms with E-state index in [9.17, 15) is 0 Å². The molecule has 9 nitrogen and oxygen atoms in total. The second kappa shape index (κ2) is 6.83. The summed E-state index contributed by atoms with van der Waals surface area (Å²) in [6.07, 6.45) is 5.14. The highest BCUT2D eigenvalue weighted by Crippen LogP contribution is 2.27. The predicted molar refractivity (Wildman–Crippen MR) is 98.6 cm³/mol. The number of ether oxygens (including phenoxy) is 1. The molecule has 0 atom stereocenters. The van der Waals surface area contributed by atoms with E-state index in [4.69, 9.17) is 20.4 Å². The maximum atomic E-state index is 5.61. The summed E-state index contributed by atoms with van der Waals surface area (Å²) < 4.78 is 7.55. The fourth-order valence-corrected chi connectivity index (χ4v) is 3.03. The van der Waals surface area contributed by atoms with Crippen LogP contribution in [0.2, 0.25) is 0 Å². The molecule has 9 heteroatoms. The summed E-state index contributed by atoms with van der Waals surface area (Å²) in [6, 6.07) is 0. The average molecular weight is 354 g/mol.